The first-order valence-electron chi connectivity index (χ1n) is 7.13. The Bertz CT molecular complexity index is 634. The lowest BCUT2D eigenvalue weighted by atomic mass is 10.2. The summed E-state index contributed by atoms with van der Waals surface area (Å²) in [5.41, 5.74) is 2.82. The van der Waals surface area contributed by atoms with E-state index in [1.165, 1.54) is 26.7 Å². The zero-order valence-electron chi connectivity index (χ0n) is 12.1. The monoisotopic (exact) mass is 275 g/mol. The summed E-state index contributed by atoms with van der Waals surface area (Å²) in [6.45, 7) is 4.47. The van der Waals surface area contributed by atoms with Crippen LogP contribution in [0.4, 0.5) is 0 Å². The third kappa shape index (κ3) is 2.41. The van der Waals surface area contributed by atoms with E-state index in [0.717, 1.165) is 6.42 Å². The van der Waals surface area contributed by atoms with Crippen LogP contribution in [0.5, 0.6) is 0 Å². The smallest absolute Gasteiger partial charge is 0.0809 e. The summed E-state index contributed by atoms with van der Waals surface area (Å²) in [5.74, 6) is 0. The van der Waals surface area contributed by atoms with E-state index in [0.29, 0.717) is 0 Å². The molecule has 0 saturated carbocycles. The summed E-state index contributed by atoms with van der Waals surface area (Å²) < 4.78 is 0. The van der Waals surface area contributed by atoms with Gasteiger partial charge in [-0.1, -0.05) is 83.1 Å². The van der Waals surface area contributed by atoms with E-state index in [-0.39, 0.29) is 0 Å². The minimum atomic E-state index is -0.863. The van der Waals surface area contributed by atoms with Gasteiger partial charge in [0.05, 0.1) is 0 Å². The molecule has 2 aromatic rings. The van der Waals surface area contributed by atoms with Gasteiger partial charge in [-0.3, -0.25) is 0 Å². The molecule has 0 aliphatic heterocycles. The molecule has 0 unspecified atom stereocenters. The third-order valence-corrected chi connectivity index (χ3v) is 7.04. The topological polar surface area (TPSA) is 0 Å². The van der Waals surface area contributed by atoms with Crippen molar-refractivity contribution < 1.29 is 0 Å². The fourth-order valence-electron chi connectivity index (χ4n) is 2.81. The fraction of sp³-hybridized carbons (Fsp3) is 0.158. The van der Waals surface area contributed by atoms with Crippen LogP contribution in [0.1, 0.15) is 17.5 Å². The van der Waals surface area contributed by atoms with Crippen molar-refractivity contribution in [1.29, 1.82) is 0 Å². The fourth-order valence-corrected chi connectivity index (χ4v) is 5.81. The van der Waals surface area contributed by atoms with Gasteiger partial charge in [-0.2, -0.15) is 0 Å². The molecule has 1 heteroatoms. The van der Waals surface area contributed by atoms with Crippen LogP contribution in [0, 0.1) is 13.8 Å². The maximum atomic E-state index is 2.40. The molecule has 99 valence electrons. The summed E-state index contributed by atoms with van der Waals surface area (Å²) in [5, 5.41) is 4.56. The molecule has 0 fully saturated rings. The molecule has 0 saturated heterocycles. The minimum Gasteiger partial charge on any atom is -0.0809 e. The van der Waals surface area contributed by atoms with Gasteiger partial charge < -0.3 is 0 Å². The van der Waals surface area contributed by atoms with Gasteiger partial charge in [0.2, 0.25) is 0 Å². The maximum absolute atomic E-state index is 2.40. The molecule has 0 atom stereocenters. The first-order valence-corrected chi connectivity index (χ1v) is 8.63. The first kappa shape index (κ1) is 13.1. The van der Waals surface area contributed by atoms with Crippen molar-refractivity contribution >= 4 is 19.2 Å². The van der Waals surface area contributed by atoms with Crippen molar-refractivity contribution in [3.05, 3.63) is 83.1 Å². The molecule has 0 amide bonds. The quantitative estimate of drug-likeness (QED) is 0.754. The third-order valence-electron chi connectivity index (χ3n) is 3.89. The van der Waals surface area contributed by atoms with E-state index < -0.39 is 8.80 Å². The minimum absolute atomic E-state index is 0.863. The van der Waals surface area contributed by atoms with Crippen LogP contribution >= 0.6 is 0 Å². The summed E-state index contributed by atoms with van der Waals surface area (Å²) >= 11 is 0. The maximum Gasteiger partial charge on any atom is 0.154 e. The number of allylic oxidation sites excluding steroid dienone is 4. The Hall–Kier alpha value is -1.86. The number of hydrogen-bond acceptors (Lipinski definition) is 0. The van der Waals surface area contributed by atoms with Crippen LogP contribution in [-0.2, 0) is 0 Å². The highest BCUT2D eigenvalue weighted by Gasteiger charge is 2.24. The lowest BCUT2D eigenvalue weighted by molar-refractivity contribution is 1.44. The molecule has 0 aromatic heterocycles. The SMILES string of the molecule is Cc1ccccc1[Si](C1=CCC=C1)c1ccccc1C. The van der Waals surface area contributed by atoms with Gasteiger partial charge in [0, 0.05) is 0 Å². The van der Waals surface area contributed by atoms with Gasteiger partial charge in [0.1, 0.15) is 0 Å². The van der Waals surface area contributed by atoms with Gasteiger partial charge in [-0.15, -0.1) is 0 Å². The van der Waals surface area contributed by atoms with Gasteiger partial charge in [0.15, 0.2) is 8.80 Å². The van der Waals surface area contributed by atoms with Crippen molar-refractivity contribution in [2.75, 3.05) is 0 Å². The predicted octanol–water partition coefficient (Wildman–Crippen LogP) is 3.34. The Morgan fingerprint density at radius 1 is 0.800 bits per heavy atom. The van der Waals surface area contributed by atoms with Crippen molar-refractivity contribution in [3.63, 3.8) is 0 Å². The van der Waals surface area contributed by atoms with Crippen LogP contribution in [0.15, 0.2) is 72.0 Å². The molecule has 1 aliphatic carbocycles. The number of rotatable bonds is 3. The van der Waals surface area contributed by atoms with E-state index >= 15 is 0 Å². The normalized spacial score (nSPS) is 13.8. The average molecular weight is 275 g/mol. The Morgan fingerprint density at radius 3 is 1.80 bits per heavy atom. The highest BCUT2D eigenvalue weighted by atomic mass is 28.3. The van der Waals surface area contributed by atoms with E-state index in [1.54, 1.807) is 0 Å². The standard InChI is InChI=1S/C19H19Si/c1-15-9-3-7-13-18(15)20(17-11-5-6-12-17)19-14-8-4-10-16(19)2/h3-5,7-14H,6H2,1-2H3. The van der Waals surface area contributed by atoms with Crippen molar-refractivity contribution in [3.8, 4) is 0 Å². The van der Waals surface area contributed by atoms with Crippen LogP contribution < -0.4 is 10.4 Å². The molecule has 1 radical (unpaired) electrons. The highest BCUT2D eigenvalue weighted by Crippen LogP contribution is 2.15. The van der Waals surface area contributed by atoms with Gasteiger partial charge in [-0.25, -0.2) is 0 Å². The summed E-state index contributed by atoms with van der Waals surface area (Å²) in [6.07, 6.45) is 8.08. The first-order chi connectivity index (χ1) is 9.77. The van der Waals surface area contributed by atoms with E-state index in [1.807, 2.05) is 0 Å². The average Bonchev–Trinajstić information content (AvgIpc) is 2.97. The van der Waals surface area contributed by atoms with Gasteiger partial charge in [-0.05, 0) is 30.6 Å². The lowest BCUT2D eigenvalue weighted by Gasteiger charge is -2.20. The molecule has 20 heavy (non-hydrogen) atoms. The van der Waals surface area contributed by atoms with Gasteiger partial charge >= 0.3 is 0 Å². The molecule has 3 rings (SSSR count). The Balaban J connectivity index is 2.17. The number of hydrogen-bond donors (Lipinski definition) is 0. The molecule has 0 nitrogen and oxygen atoms in total. The number of benzene rings is 2. The molecule has 1 aliphatic rings. The molecule has 0 bridgehead atoms. The molecule has 0 heterocycles. The second-order valence-electron chi connectivity index (χ2n) is 5.30. The highest BCUT2D eigenvalue weighted by molar-refractivity contribution is 6.92. The summed E-state index contributed by atoms with van der Waals surface area (Å²) in [6, 6.07) is 17.7. The van der Waals surface area contributed by atoms with E-state index in [9.17, 15) is 0 Å². The van der Waals surface area contributed by atoms with Crippen LogP contribution in [0.3, 0.4) is 0 Å². The van der Waals surface area contributed by atoms with Gasteiger partial charge in [0.25, 0.3) is 0 Å². The second-order valence-corrected chi connectivity index (χ2v) is 7.71. The molecule has 0 N–H and O–H groups in total. The number of aryl methyl sites for hydroxylation is 2. The van der Waals surface area contributed by atoms with Crippen LogP contribution in [-0.4, -0.2) is 8.80 Å². The Morgan fingerprint density at radius 2 is 1.35 bits per heavy atom. The van der Waals surface area contributed by atoms with Crippen LogP contribution in [0.25, 0.3) is 0 Å². The lowest BCUT2D eigenvalue weighted by Crippen LogP contribution is -2.46. The molecular formula is C19H19Si. The van der Waals surface area contributed by atoms with E-state index in [4.69, 9.17) is 0 Å². The molecule has 0 spiro atoms. The Labute approximate surface area is 123 Å². The largest absolute Gasteiger partial charge is 0.154 e. The zero-order valence-corrected chi connectivity index (χ0v) is 13.1. The molecular weight excluding hydrogens is 256 g/mol. The van der Waals surface area contributed by atoms with Crippen molar-refractivity contribution in [2.24, 2.45) is 0 Å². The predicted molar refractivity (Wildman–Crippen MR) is 89.2 cm³/mol. The van der Waals surface area contributed by atoms with Crippen molar-refractivity contribution in [2.45, 2.75) is 20.3 Å². The second kappa shape index (κ2) is 5.64. The summed E-state index contributed by atoms with van der Waals surface area (Å²) in [4.78, 5) is 0. The Kier molecular flexibility index (Phi) is 3.70. The molecule has 2 aromatic carbocycles. The van der Waals surface area contributed by atoms with Crippen LogP contribution in [0.2, 0.25) is 0 Å². The van der Waals surface area contributed by atoms with E-state index in [2.05, 4.69) is 80.6 Å². The summed E-state index contributed by atoms with van der Waals surface area (Å²) in [7, 11) is -0.863. The zero-order chi connectivity index (χ0) is 13.9. The van der Waals surface area contributed by atoms with Crippen molar-refractivity contribution in [1.82, 2.24) is 0 Å².